The number of benzene rings is 3. The summed E-state index contributed by atoms with van der Waals surface area (Å²) in [5.74, 6) is 0.728. The third-order valence-corrected chi connectivity index (χ3v) is 7.86. The van der Waals surface area contributed by atoms with Crippen molar-refractivity contribution in [2.24, 2.45) is 0 Å². The highest BCUT2D eigenvalue weighted by atomic mass is 32.2. The van der Waals surface area contributed by atoms with Crippen molar-refractivity contribution < 1.29 is 17.9 Å². The number of sulfonamides is 1. The average molecular weight is 477 g/mol. The van der Waals surface area contributed by atoms with Crippen LogP contribution in [0.3, 0.4) is 0 Å². The predicted octanol–water partition coefficient (Wildman–Crippen LogP) is 3.00. The smallest absolute Gasteiger partial charge is 0.260 e. The van der Waals surface area contributed by atoms with E-state index in [0.717, 1.165) is 21.7 Å². The Labute approximate surface area is 197 Å². The lowest BCUT2D eigenvalue weighted by molar-refractivity contribution is -0.134. The molecule has 0 aliphatic carbocycles. The average Bonchev–Trinajstić information content (AvgIpc) is 2.86. The van der Waals surface area contributed by atoms with E-state index in [0.29, 0.717) is 24.8 Å². The highest BCUT2D eigenvalue weighted by molar-refractivity contribution is 7.89. The normalized spacial score (nSPS) is 15.0. The van der Waals surface area contributed by atoms with Crippen LogP contribution < -0.4 is 4.74 Å². The van der Waals surface area contributed by atoms with Crippen molar-refractivity contribution in [3.05, 3.63) is 72.6 Å². The van der Waals surface area contributed by atoms with Gasteiger partial charge >= 0.3 is 0 Å². The summed E-state index contributed by atoms with van der Waals surface area (Å²) in [5.41, 5.74) is 0.755. The fraction of sp³-hybridized carbons (Fsp3) is 0.240. The summed E-state index contributed by atoms with van der Waals surface area (Å²) in [6.07, 6.45) is 0. The highest BCUT2D eigenvalue weighted by Gasteiger charge is 2.30. The van der Waals surface area contributed by atoms with Gasteiger partial charge in [0.15, 0.2) is 6.61 Å². The van der Waals surface area contributed by atoms with E-state index in [9.17, 15) is 13.2 Å². The lowest BCUT2D eigenvalue weighted by Crippen LogP contribution is -2.51. The van der Waals surface area contributed by atoms with Gasteiger partial charge in [-0.05, 0) is 42.0 Å². The SMILES string of the molecule is Cc1nc(OCC(=O)N2CCN(S(=O)(=O)c3ccc4ccccc4c3)CC2)c2ccccc2n1. The van der Waals surface area contributed by atoms with Crippen LogP contribution in [0, 0.1) is 6.92 Å². The fourth-order valence-corrected chi connectivity index (χ4v) is 5.60. The molecule has 1 aromatic heterocycles. The molecule has 0 atom stereocenters. The van der Waals surface area contributed by atoms with Crippen molar-refractivity contribution in [2.75, 3.05) is 32.8 Å². The minimum Gasteiger partial charge on any atom is -0.467 e. The molecule has 1 aliphatic rings. The second-order valence-corrected chi connectivity index (χ2v) is 10.1. The van der Waals surface area contributed by atoms with Crippen LogP contribution in [-0.4, -0.2) is 66.3 Å². The maximum Gasteiger partial charge on any atom is 0.260 e. The van der Waals surface area contributed by atoms with Crippen LogP contribution in [0.2, 0.25) is 0 Å². The number of hydrogen-bond acceptors (Lipinski definition) is 6. The first-order chi connectivity index (χ1) is 16.4. The summed E-state index contributed by atoms with van der Waals surface area (Å²) >= 11 is 0. The summed E-state index contributed by atoms with van der Waals surface area (Å²) in [5, 5.41) is 2.61. The maximum absolute atomic E-state index is 13.2. The number of aromatic nitrogens is 2. The molecule has 1 saturated heterocycles. The second kappa shape index (κ2) is 9.00. The zero-order valence-electron chi connectivity index (χ0n) is 18.7. The van der Waals surface area contributed by atoms with Crippen LogP contribution in [0.25, 0.3) is 21.7 Å². The second-order valence-electron chi connectivity index (χ2n) is 8.18. The van der Waals surface area contributed by atoms with Gasteiger partial charge in [0, 0.05) is 26.2 Å². The molecule has 34 heavy (non-hydrogen) atoms. The van der Waals surface area contributed by atoms with Crippen LogP contribution in [0.4, 0.5) is 0 Å². The van der Waals surface area contributed by atoms with Gasteiger partial charge in [0.25, 0.3) is 5.91 Å². The van der Waals surface area contributed by atoms with E-state index in [1.54, 1.807) is 24.0 Å². The van der Waals surface area contributed by atoms with Crippen molar-refractivity contribution >= 4 is 37.6 Å². The molecule has 0 N–H and O–H groups in total. The van der Waals surface area contributed by atoms with E-state index in [1.807, 2.05) is 54.6 Å². The van der Waals surface area contributed by atoms with Crippen LogP contribution >= 0.6 is 0 Å². The number of piperazine rings is 1. The standard InChI is InChI=1S/C25H24N4O4S/c1-18-26-23-9-5-4-8-22(23)25(27-18)33-17-24(30)28-12-14-29(15-13-28)34(31,32)21-11-10-19-6-2-3-7-20(19)16-21/h2-11,16H,12-15,17H2,1H3. The van der Waals surface area contributed by atoms with Gasteiger partial charge in [-0.2, -0.15) is 9.29 Å². The molecule has 0 unspecified atom stereocenters. The Balaban J connectivity index is 1.23. The molecule has 0 bridgehead atoms. The summed E-state index contributed by atoms with van der Waals surface area (Å²) in [7, 11) is -3.64. The van der Waals surface area contributed by atoms with Crippen LogP contribution in [0.15, 0.2) is 71.6 Å². The number of para-hydroxylation sites is 1. The molecule has 0 spiro atoms. The van der Waals surface area contributed by atoms with Crippen LogP contribution in [0.5, 0.6) is 5.88 Å². The van der Waals surface area contributed by atoms with Gasteiger partial charge in [-0.3, -0.25) is 4.79 Å². The molecule has 0 radical (unpaired) electrons. The lowest BCUT2D eigenvalue weighted by Gasteiger charge is -2.34. The van der Waals surface area contributed by atoms with Gasteiger partial charge in [-0.15, -0.1) is 0 Å². The molecular weight excluding hydrogens is 452 g/mol. The number of rotatable bonds is 5. The molecule has 8 nitrogen and oxygen atoms in total. The molecule has 3 aromatic carbocycles. The number of hydrogen-bond donors (Lipinski definition) is 0. The third-order valence-electron chi connectivity index (χ3n) is 5.96. The topological polar surface area (TPSA) is 92.7 Å². The Morgan fingerprint density at radius 1 is 0.912 bits per heavy atom. The van der Waals surface area contributed by atoms with E-state index < -0.39 is 10.0 Å². The van der Waals surface area contributed by atoms with Gasteiger partial charge in [0.05, 0.1) is 15.8 Å². The summed E-state index contributed by atoms with van der Waals surface area (Å²) in [6.45, 7) is 2.68. The van der Waals surface area contributed by atoms with Gasteiger partial charge in [-0.25, -0.2) is 13.4 Å². The van der Waals surface area contributed by atoms with Crippen molar-refractivity contribution in [3.63, 3.8) is 0 Å². The Kier molecular flexibility index (Phi) is 5.89. The van der Waals surface area contributed by atoms with E-state index in [4.69, 9.17) is 4.74 Å². The number of ether oxygens (including phenoxy) is 1. The Morgan fingerprint density at radius 3 is 2.41 bits per heavy atom. The highest BCUT2D eigenvalue weighted by Crippen LogP contribution is 2.24. The fourth-order valence-electron chi connectivity index (χ4n) is 4.14. The lowest BCUT2D eigenvalue weighted by atomic mass is 10.1. The first kappa shape index (κ1) is 22.2. The zero-order chi connectivity index (χ0) is 23.7. The first-order valence-electron chi connectivity index (χ1n) is 11.0. The Hall–Kier alpha value is -3.56. The van der Waals surface area contributed by atoms with E-state index in [-0.39, 0.29) is 30.5 Å². The molecule has 5 rings (SSSR count). The van der Waals surface area contributed by atoms with Gasteiger partial charge in [0.2, 0.25) is 15.9 Å². The third kappa shape index (κ3) is 4.32. The summed E-state index contributed by atoms with van der Waals surface area (Å²) in [6, 6.07) is 20.3. The maximum atomic E-state index is 13.2. The molecule has 2 heterocycles. The van der Waals surface area contributed by atoms with Crippen molar-refractivity contribution in [1.82, 2.24) is 19.2 Å². The predicted molar refractivity (Wildman–Crippen MR) is 129 cm³/mol. The largest absolute Gasteiger partial charge is 0.467 e. The monoisotopic (exact) mass is 476 g/mol. The van der Waals surface area contributed by atoms with E-state index in [2.05, 4.69) is 9.97 Å². The molecule has 9 heteroatoms. The van der Waals surface area contributed by atoms with Crippen molar-refractivity contribution in [2.45, 2.75) is 11.8 Å². The first-order valence-corrected chi connectivity index (χ1v) is 12.5. The quantitative estimate of drug-likeness (QED) is 0.440. The zero-order valence-corrected chi connectivity index (χ0v) is 19.5. The Morgan fingerprint density at radius 2 is 1.62 bits per heavy atom. The number of fused-ring (bicyclic) bond motifs is 2. The number of carbonyl (C=O) groups is 1. The van der Waals surface area contributed by atoms with Gasteiger partial charge < -0.3 is 9.64 Å². The van der Waals surface area contributed by atoms with Gasteiger partial charge in [-0.1, -0.05) is 42.5 Å². The summed E-state index contributed by atoms with van der Waals surface area (Å²) in [4.78, 5) is 23.4. The van der Waals surface area contributed by atoms with E-state index >= 15 is 0 Å². The summed E-state index contributed by atoms with van der Waals surface area (Å²) < 4.78 is 33.5. The molecule has 0 saturated carbocycles. The number of nitrogens with zero attached hydrogens (tertiary/aromatic N) is 4. The van der Waals surface area contributed by atoms with Crippen molar-refractivity contribution in [1.29, 1.82) is 0 Å². The van der Waals surface area contributed by atoms with Crippen LogP contribution in [0.1, 0.15) is 5.82 Å². The number of aryl methyl sites for hydroxylation is 1. The molecule has 4 aromatic rings. The number of carbonyl (C=O) groups excluding carboxylic acids is 1. The van der Waals surface area contributed by atoms with E-state index in [1.165, 1.54) is 4.31 Å². The van der Waals surface area contributed by atoms with Crippen LogP contribution in [-0.2, 0) is 14.8 Å². The molecule has 1 fully saturated rings. The number of amides is 1. The van der Waals surface area contributed by atoms with Crippen molar-refractivity contribution in [3.8, 4) is 5.88 Å². The molecule has 1 aliphatic heterocycles. The minimum absolute atomic E-state index is 0.169. The molecule has 1 amide bonds. The molecular formula is C25H24N4O4S. The Bertz CT molecular complexity index is 1480. The minimum atomic E-state index is -3.64. The van der Waals surface area contributed by atoms with Gasteiger partial charge in [0.1, 0.15) is 5.82 Å². The molecule has 174 valence electrons.